The number of nitrogens with one attached hydrogen (secondary N) is 2. The molecular formula is C24H22N4O4S. The highest BCUT2D eigenvalue weighted by molar-refractivity contribution is 8.18. The number of nitrogens with zero attached hydrogens (tertiary/aromatic N) is 2. The third-order valence-electron chi connectivity index (χ3n) is 5.16. The number of hydrogen-bond acceptors (Lipinski definition) is 6. The summed E-state index contributed by atoms with van der Waals surface area (Å²) in [5, 5.41) is 2.85. The lowest BCUT2D eigenvalue weighted by atomic mass is 10.1. The zero-order chi connectivity index (χ0) is 23.4. The molecule has 2 aromatic carbocycles. The van der Waals surface area contributed by atoms with Crippen molar-refractivity contribution in [2.24, 2.45) is 0 Å². The quantitative estimate of drug-likeness (QED) is 0.522. The molecule has 0 radical (unpaired) electrons. The van der Waals surface area contributed by atoms with Crippen molar-refractivity contribution >= 4 is 45.8 Å². The maximum atomic E-state index is 12.6. The first-order chi connectivity index (χ1) is 15.9. The molecule has 1 aromatic heterocycles. The first kappa shape index (κ1) is 22.5. The Morgan fingerprint density at radius 2 is 1.88 bits per heavy atom. The predicted molar refractivity (Wildman–Crippen MR) is 128 cm³/mol. The Hall–Kier alpha value is -3.72. The van der Waals surface area contributed by atoms with Crippen molar-refractivity contribution in [2.45, 2.75) is 19.8 Å². The lowest BCUT2D eigenvalue weighted by Gasteiger charge is -2.13. The number of aromatic nitrogens is 2. The average Bonchev–Trinajstić information content (AvgIpc) is 3.06. The van der Waals surface area contributed by atoms with E-state index in [1.807, 2.05) is 31.2 Å². The highest BCUT2D eigenvalue weighted by Crippen LogP contribution is 2.31. The van der Waals surface area contributed by atoms with E-state index in [0.717, 1.165) is 27.8 Å². The van der Waals surface area contributed by atoms with E-state index in [0.29, 0.717) is 21.6 Å². The summed E-state index contributed by atoms with van der Waals surface area (Å²) in [7, 11) is 0. The van der Waals surface area contributed by atoms with Gasteiger partial charge in [0.05, 0.1) is 15.8 Å². The van der Waals surface area contributed by atoms with Crippen molar-refractivity contribution in [1.82, 2.24) is 20.2 Å². The fraction of sp³-hybridized carbons (Fsp3) is 0.208. The van der Waals surface area contributed by atoms with E-state index in [4.69, 9.17) is 0 Å². The smallest absolute Gasteiger partial charge is 0.293 e. The van der Waals surface area contributed by atoms with Crippen LogP contribution in [-0.2, 0) is 16.0 Å². The Kier molecular flexibility index (Phi) is 6.69. The number of imide groups is 1. The van der Waals surface area contributed by atoms with Crippen molar-refractivity contribution in [2.75, 3.05) is 13.1 Å². The van der Waals surface area contributed by atoms with Gasteiger partial charge in [-0.1, -0.05) is 42.0 Å². The van der Waals surface area contributed by atoms with Crippen LogP contribution in [0.25, 0.3) is 17.0 Å². The second-order valence-electron chi connectivity index (χ2n) is 7.62. The molecule has 2 N–H and O–H groups in total. The van der Waals surface area contributed by atoms with Crippen LogP contribution in [0.4, 0.5) is 4.79 Å². The summed E-state index contributed by atoms with van der Waals surface area (Å²) < 4.78 is 0. The SMILES string of the molecule is Cc1ccc(/C=C2/SC(=O)N(CCNC(=O)CCc3nc4ccccc4c(=O)[nH]3)C2=O)cc1. The molecule has 168 valence electrons. The maximum absolute atomic E-state index is 12.6. The second-order valence-corrected chi connectivity index (χ2v) is 8.62. The van der Waals surface area contributed by atoms with E-state index in [1.54, 1.807) is 30.3 Å². The zero-order valence-electron chi connectivity index (χ0n) is 18.0. The molecule has 0 aliphatic carbocycles. The molecule has 1 aliphatic heterocycles. The minimum atomic E-state index is -0.363. The van der Waals surface area contributed by atoms with E-state index in [1.165, 1.54) is 0 Å². The van der Waals surface area contributed by atoms with Crippen LogP contribution in [0, 0.1) is 6.92 Å². The van der Waals surface area contributed by atoms with Crippen LogP contribution < -0.4 is 10.9 Å². The Bertz CT molecular complexity index is 1310. The molecule has 9 heteroatoms. The second kappa shape index (κ2) is 9.83. The van der Waals surface area contributed by atoms with Crippen LogP contribution >= 0.6 is 11.8 Å². The van der Waals surface area contributed by atoms with Crippen molar-refractivity contribution < 1.29 is 14.4 Å². The predicted octanol–water partition coefficient (Wildman–Crippen LogP) is 3.02. The highest BCUT2D eigenvalue weighted by Gasteiger charge is 2.34. The minimum absolute atomic E-state index is 0.0900. The first-order valence-corrected chi connectivity index (χ1v) is 11.3. The first-order valence-electron chi connectivity index (χ1n) is 10.5. The Morgan fingerprint density at radius 1 is 1.12 bits per heavy atom. The maximum Gasteiger partial charge on any atom is 0.293 e. The van der Waals surface area contributed by atoms with Crippen LogP contribution in [0.3, 0.4) is 0 Å². The van der Waals surface area contributed by atoms with Gasteiger partial charge in [-0.15, -0.1) is 0 Å². The number of benzene rings is 2. The van der Waals surface area contributed by atoms with Crippen LogP contribution in [0.2, 0.25) is 0 Å². The molecule has 1 fully saturated rings. The number of thioether (sulfide) groups is 1. The van der Waals surface area contributed by atoms with Crippen LogP contribution in [0.15, 0.2) is 58.2 Å². The highest BCUT2D eigenvalue weighted by atomic mass is 32.2. The number of rotatable bonds is 7. The summed E-state index contributed by atoms with van der Waals surface area (Å²) in [4.78, 5) is 57.7. The normalized spacial score (nSPS) is 14.9. The van der Waals surface area contributed by atoms with Gasteiger partial charge in [-0.05, 0) is 42.5 Å². The number of hydrogen-bond donors (Lipinski definition) is 2. The van der Waals surface area contributed by atoms with Gasteiger partial charge in [-0.25, -0.2) is 4.98 Å². The fourth-order valence-corrected chi connectivity index (χ4v) is 4.25. The molecule has 0 bridgehead atoms. The van der Waals surface area contributed by atoms with E-state index in [2.05, 4.69) is 15.3 Å². The molecule has 2 heterocycles. The van der Waals surface area contributed by atoms with Crippen molar-refractivity contribution in [3.8, 4) is 0 Å². The van der Waals surface area contributed by atoms with Crippen molar-refractivity contribution in [1.29, 1.82) is 0 Å². The number of para-hydroxylation sites is 1. The molecule has 1 aliphatic rings. The van der Waals surface area contributed by atoms with Gasteiger partial charge in [0, 0.05) is 25.9 Å². The van der Waals surface area contributed by atoms with Gasteiger partial charge >= 0.3 is 0 Å². The summed E-state index contributed by atoms with van der Waals surface area (Å²) >= 11 is 0.893. The molecule has 3 amide bonds. The number of fused-ring (bicyclic) bond motifs is 1. The van der Waals surface area contributed by atoms with E-state index >= 15 is 0 Å². The van der Waals surface area contributed by atoms with Gasteiger partial charge < -0.3 is 10.3 Å². The molecular weight excluding hydrogens is 440 g/mol. The van der Waals surface area contributed by atoms with E-state index < -0.39 is 0 Å². The van der Waals surface area contributed by atoms with Gasteiger partial charge in [-0.3, -0.25) is 24.1 Å². The Morgan fingerprint density at radius 3 is 2.67 bits per heavy atom. The molecule has 0 atom stereocenters. The summed E-state index contributed by atoms with van der Waals surface area (Å²) in [6.07, 6.45) is 2.09. The lowest BCUT2D eigenvalue weighted by molar-refractivity contribution is -0.124. The number of carbonyl (C=O) groups excluding carboxylic acids is 3. The third kappa shape index (κ3) is 5.38. The van der Waals surface area contributed by atoms with Crippen molar-refractivity contribution in [3.63, 3.8) is 0 Å². The average molecular weight is 463 g/mol. The van der Waals surface area contributed by atoms with Gasteiger partial charge in [0.25, 0.3) is 16.7 Å². The standard InChI is InChI=1S/C24H22N4O4S/c1-15-6-8-16(9-7-15)14-19-23(31)28(24(32)33-19)13-12-25-21(29)11-10-20-26-18-5-3-2-4-17(18)22(30)27-20/h2-9,14H,10-13H2,1H3,(H,25,29)(H,26,27,30)/b19-14+. The fourth-order valence-electron chi connectivity index (χ4n) is 3.39. The third-order valence-corrected chi connectivity index (χ3v) is 6.06. The van der Waals surface area contributed by atoms with Gasteiger partial charge in [0.1, 0.15) is 5.82 Å². The number of amides is 3. The van der Waals surface area contributed by atoms with Gasteiger partial charge in [0.15, 0.2) is 0 Å². The summed E-state index contributed by atoms with van der Waals surface area (Å²) in [6.45, 7) is 2.21. The molecule has 4 rings (SSSR count). The molecule has 0 spiro atoms. The van der Waals surface area contributed by atoms with Gasteiger partial charge in [0.2, 0.25) is 5.91 Å². The Labute approximate surface area is 194 Å². The van der Waals surface area contributed by atoms with Gasteiger partial charge in [-0.2, -0.15) is 0 Å². The largest absolute Gasteiger partial charge is 0.354 e. The molecule has 0 unspecified atom stereocenters. The van der Waals surface area contributed by atoms with Crippen LogP contribution in [0.5, 0.6) is 0 Å². The number of aryl methyl sites for hydroxylation is 2. The monoisotopic (exact) mass is 462 g/mol. The topological polar surface area (TPSA) is 112 Å². The molecule has 3 aromatic rings. The molecule has 33 heavy (non-hydrogen) atoms. The molecule has 8 nitrogen and oxygen atoms in total. The summed E-state index contributed by atoms with van der Waals surface area (Å²) in [5.74, 6) is -0.188. The minimum Gasteiger partial charge on any atom is -0.354 e. The Balaban J connectivity index is 1.28. The summed E-state index contributed by atoms with van der Waals surface area (Å²) in [6, 6.07) is 14.7. The number of aromatic amines is 1. The van der Waals surface area contributed by atoms with E-state index in [9.17, 15) is 19.2 Å². The zero-order valence-corrected chi connectivity index (χ0v) is 18.8. The molecule has 1 saturated heterocycles. The lowest BCUT2D eigenvalue weighted by Crippen LogP contribution is -2.37. The number of carbonyl (C=O) groups is 3. The van der Waals surface area contributed by atoms with Crippen LogP contribution in [-0.4, -0.2) is 45.0 Å². The molecule has 0 saturated carbocycles. The van der Waals surface area contributed by atoms with Crippen molar-refractivity contribution in [3.05, 3.63) is 80.7 Å². The number of H-pyrrole nitrogens is 1. The van der Waals surface area contributed by atoms with E-state index in [-0.39, 0.29) is 48.5 Å². The van der Waals surface area contributed by atoms with Crippen LogP contribution in [0.1, 0.15) is 23.4 Å². The summed E-state index contributed by atoms with van der Waals surface area (Å²) in [5.41, 5.74) is 2.29.